The van der Waals surface area contributed by atoms with E-state index >= 15 is 4.39 Å². The molecule has 2 saturated heterocycles. The van der Waals surface area contributed by atoms with E-state index in [0.717, 1.165) is 24.3 Å². The van der Waals surface area contributed by atoms with Crippen LogP contribution in [0.4, 0.5) is 9.18 Å². The van der Waals surface area contributed by atoms with Gasteiger partial charge in [0.2, 0.25) is 0 Å². The highest BCUT2D eigenvalue weighted by atomic mass is 79.9. The van der Waals surface area contributed by atoms with Crippen molar-refractivity contribution in [2.45, 2.75) is 36.3 Å². The van der Waals surface area contributed by atoms with Gasteiger partial charge in [-0.05, 0) is 54.5 Å². The van der Waals surface area contributed by atoms with Gasteiger partial charge in [0.15, 0.2) is 5.82 Å². The normalized spacial score (nSPS) is 25.8. The van der Waals surface area contributed by atoms with Gasteiger partial charge in [0.05, 0.1) is 22.7 Å². The van der Waals surface area contributed by atoms with E-state index in [0.29, 0.717) is 6.61 Å². The number of fused-ring (bicyclic) bond motifs is 1. The lowest BCUT2D eigenvalue weighted by molar-refractivity contribution is 0.0424. The van der Waals surface area contributed by atoms with Gasteiger partial charge in [-0.15, -0.1) is 0 Å². The van der Waals surface area contributed by atoms with Crippen molar-refractivity contribution in [3.63, 3.8) is 0 Å². The molecule has 0 saturated carbocycles. The van der Waals surface area contributed by atoms with Crippen LogP contribution in [0.2, 0.25) is 0 Å². The van der Waals surface area contributed by atoms with Crippen LogP contribution in [0.5, 0.6) is 6.01 Å². The van der Waals surface area contributed by atoms with Crippen LogP contribution in [-0.4, -0.2) is 75.8 Å². The van der Waals surface area contributed by atoms with E-state index in [-0.39, 0.29) is 52.6 Å². The molecule has 9 nitrogen and oxygen atoms in total. The minimum atomic E-state index is -1.46. The van der Waals surface area contributed by atoms with Gasteiger partial charge in [-0.2, -0.15) is 15.2 Å². The third-order valence-electron chi connectivity index (χ3n) is 6.31. The van der Waals surface area contributed by atoms with Crippen LogP contribution in [0.3, 0.4) is 0 Å². The molecule has 0 radical (unpaired) electrons. The van der Waals surface area contributed by atoms with Gasteiger partial charge in [-0.1, -0.05) is 11.6 Å². The number of benzene rings is 1. The third-order valence-corrected chi connectivity index (χ3v) is 7.27. The first-order valence-electron chi connectivity index (χ1n) is 10.5. The number of amides is 1. The van der Waals surface area contributed by atoms with Gasteiger partial charge in [-0.3, -0.25) is 4.90 Å². The average molecular weight is 542 g/mol. The summed E-state index contributed by atoms with van der Waals surface area (Å²) in [5.74, 6) is -0.626. The lowest BCUT2D eigenvalue weighted by Gasteiger charge is -2.47. The number of hydrogen-bond donors (Lipinski definition) is 2. The van der Waals surface area contributed by atoms with Crippen molar-refractivity contribution in [3.8, 4) is 12.1 Å². The first-order chi connectivity index (χ1) is 15.8. The molecule has 33 heavy (non-hydrogen) atoms. The number of carbonyl (C=O) groups is 1. The molecule has 2 fully saturated rings. The highest BCUT2D eigenvalue weighted by molar-refractivity contribution is 9.10. The van der Waals surface area contributed by atoms with E-state index < -0.39 is 23.0 Å². The molecule has 2 aromatic rings. The van der Waals surface area contributed by atoms with Crippen molar-refractivity contribution in [2.75, 3.05) is 33.3 Å². The monoisotopic (exact) mass is 540 g/mol. The minimum Gasteiger partial charge on any atom is -0.465 e. The number of nitrogens with zero attached hydrogens (tertiary/aromatic N) is 5. The molecule has 2 N–H and O–H groups in total. The Hall–Kier alpha value is -2.26. The van der Waals surface area contributed by atoms with Gasteiger partial charge >= 0.3 is 12.1 Å². The maximum absolute atomic E-state index is 15.1. The molecule has 0 spiro atoms. The molecular formula is C21H23BrClFN6O3. The van der Waals surface area contributed by atoms with Crippen molar-refractivity contribution < 1.29 is 19.0 Å². The molecule has 0 aliphatic carbocycles. The zero-order valence-corrected chi connectivity index (χ0v) is 20.2. The molecule has 2 aliphatic heterocycles. The number of hydrogen-bond acceptors (Lipinski definition) is 7. The summed E-state index contributed by atoms with van der Waals surface area (Å²) in [6, 6.07) is 5.26. The lowest BCUT2D eigenvalue weighted by Crippen LogP contribution is -2.64. The van der Waals surface area contributed by atoms with Gasteiger partial charge < -0.3 is 20.1 Å². The fourth-order valence-corrected chi connectivity index (χ4v) is 5.30. The Bertz CT molecular complexity index is 1120. The number of nitrogens with one attached hydrogen (secondary N) is 1. The number of likely N-dealkylation sites (tertiary alicyclic amines) is 1. The Labute approximate surface area is 203 Å². The Kier molecular flexibility index (Phi) is 6.91. The second-order valence-electron chi connectivity index (χ2n) is 8.28. The average Bonchev–Trinajstić information content (AvgIpc) is 3.19. The Morgan fingerprint density at radius 2 is 2.30 bits per heavy atom. The van der Waals surface area contributed by atoms with Crippen molar-refractivity contribution >= 4 is 44.5 Å². The van der Waals surface area contributed by atoms with E-state index in [4.69, 9.17) is 16.3 Å². The highest BCUT2D eigenvalue weighted by Gasteiger charge is 2.50. The first kappa shape index (κ1) is 23.9. The second-order valence-corrected chi connectivity index (χ2v) is 9.64. The molecular weight excluding hydrogens is 519 g/mol. The van der Waals surface area contributed by atoms with Gasteiger partial charge in [-0.25, -0.2) is 9.18 Å². The van der Waals surface area contributed by atoms with Crippen molar-refractivity contribution in [1.82, 2.24) is 25.1 Å². The summed E-state index contributed by atoms with van der Waals surface area (Å²) in [5, 5.41) is 23.0. The zero-order chi connectivity index (χ0) is 23.8. The molecule has 1 aromatic carbocycles. The topological polar surface area (TPSA) is 115 Å². The molecule has 2 unspecified atom stereocenters. The quantitative estimate of drug-likeness (QED) is 0.438. The van der Waals surface area contributed by atoms with E-state index in [9.17, 15) is 15.2 Å². The van der Waals surface area contributed by atoms with E-state index in [1.807, 2.05) is 7.05 Å². The molecule has 12 heteroatoms. The SMILES string of the molecule is CN1CCC[C@H]1COc1nc(C2(CC#N)CNCC(Cl)N2C(=O)O)c2ccc(Br)c(F)c2n1. The molecule has 3 heterocycles. The van der Waals surface area contributed by atoms with Crippen LogP contribution < -0.4 is 10.1 Å². The number of aromatic nitrogens is 2. The number of rotatable bonds is 5. The molecule has 1 amide bonds. The Morgan fingerprint density at radius 1 is 1.52 bits per heavy atom. The molecule has 4 rings (SSSR count). The lowest BCUT2D eigenvalue weighted by atomic mass is 9.85. The molecule has 176 valence electrons. The fraction of sp³-hybridized carbons (Fsp3) is 0.524. The third kappa shape index (κ3) is 4.33. The Morgan fingerprint density at radius 3 is 2.97 bits per heavy atom. The maximum atomic E-state index is 15.1. The van der Waals surface area contributed by atoms with Crippen LogP contribution in [0, 0.1) is 17.1 Å². The number of alkyl halides is 1. The van der Waals surface area contributed by atoms with E-state index in [1.165, 1.54) is 6.07 Å². The summed E-state index contributed by atoms with van der Waals surface area (Å²) < 4.78 is 21.2. The summed E-state index contributed by atoms with van der Waals surface area (Å²) in [6.45, 7) is 1.54. The molecule has 2 aliphatic rings. The number of carboxylic acid groups (broad SMARTS) is 1. The van der Waals surface area contributed by atoms with Gasteiger partial charge in [0.1, 0.15) is 23.2 Å². The number of piperazine rings is 1. The zero-order valence-electron chi connectivity index (χ0n) is 17.9. The number of nitriles is 1. The smallest absolute Gasteiger partial charge is 0.409 e. The van der Waals surface area contributed by atoms with Gasteiger partial charge in [0.25, 0.3) is 0 Å². The summed E-state index contributed by atoms with van der Waals surface area (Å²) in [7, 11) is 2.01. The van der Waals surface area contributed by atoms with Crippen LogP contribution in [-0.2, 0) is 5.54 Å². The maximum Gasteiger partial charge on any atom is 0.409 e. The summed E-state index contributed by atoms with van der Waals surface area (Å²) in [6.07, 6.45) is 0.466. The number of halogens is 3. The van der Waals surface area contributed by atoms with Gasteiger partial charge in [0, 0.05) is 24.5 Å². The standard InChI is InChI=1S/C21H23BrClFN6O3/c1-29-8-2-3-12(29)10-33-19-27-17-13(4-5-14(22)16(17)24)18(28-19)21(6-7-25)11-26-9-15(23)30(21)20(31)32/h4-5,12,15,26H,2-3,6,8-11H2,1H3,(H,31,32)/t12-,15?,21?/m0/s1. The number of ether oxygens (including phenoxy) is 1. The fourth-order valence-electron chi connectivity index (χ4n) is 4.60. The predicted molar refractivity (Wildman–Crippen MR) is 123 cm³/mol. The largest absolute Gasteiger partial charge is 0.465 e. The molecule has 0 bridgehead atoms. The summed E-state index contributed by atoms with van der Waals surface area (Å²) in [5.41, 5.74) is -2.26. The van der Waals surface area contributed by atoms with Crippen LogP contribution in [0.1, 0.15) is 25.0 Å². The van der Waals surface area contributed by atoms with E-state index in [1.54, 1.807) is 6.07 Å². The van der Waals surface area contributed by atoms with Crippen LogP contribution >= 0.6 is 27.5 Å². The Balaban J connectivity index is 1.89. The van der Waals surface area contributed by atoms with Crippen LogP contribution in [0.25, 0.3) is 10.9 Å². The molecule has 1 aromatic heterocycles. The van der Waals surface area contributed by atoms with Crippen molar-refractivity contribution in [3.05, 3.63) is 28.1 Å². The number of likely N-dealkylation sites (N-methyl/N-ethyl adjacent to an activating group) is 1. The highest BCUT2D eigenvalue weighted by Crippen LogP contribution is 2.40. The summed E-state index contributed by atoms with van der Waals surface area (Å²) >= 11 is 9.55. The van der Waals surface area contributed by atoms with E-state index in [2.05, 4.69) is 42.2 Å². The van der Waals surface area contributed by atoms with Crippen LogP contribution in [0.15, 0.2) is 16.6 Å². The van der Waals surface area contributed by atoms with Crippen molar-refractivity contribution in [1.29, 1.82) is 5.26 Å². The van der Waals surface area contributed by atoms with Crippen molar-refractivity contribution in [2.24, 2.45) is 0 Å². The molecule has 3 atom stereocenters. The predicted octanol–water partition coefficient (Wildman–Crippen LogP) is 3.26. The second kappa shape index (κ2) is 9.54. The first-order valence-corrected chi connectivity index (χ1v) is 11.7. The summed E-state index contributed by atoms with van der Waals surface area (Å²) in [4.78, 5) is 24.3. The minimum absolute atomic E-state index is 0.0245.